The molecule has 0 unspecified atom stereocenters. The largest absolute Gasteiger partial charge is 0.381 e. The van der Waals surface area contributed by atoms with Gasteiger partial charge in [-0.25, -0.2) is 4.39 Å². The van der Waals surface area contributed by atoms with Crippen LogP contribution in [0.4, 0.5) is 10.1 Å². The van der Waals surface area contributed by atoms with E-state index in [0.29, 0.717) is 64.2 Å². The van der Waals surface area contributed by atoms with Crippen LogP contribution in [-0.2, 0) is 25.5 Å². The molecule has 3 heterocycles. The summed E-state index contributed by atoms with van der Waals surface area (Å²) in [6.07, 6.45) is 2.76. The van der Waals surface area contributed by atoms with Crippen LogP contribution in [-0.4, -0.2) is 61.8 Å². The lowest BCUT2D eigenvalue weighted by Gasteiger charge is -2.41. The van der Waals surface area contributed by atoms with Crippen molar-refractivity contribution in [3.05, 3.63) is 66.0 Å². The topological polar surface area (TPSA) is 59.1 Å². The maximum atomic E-state index is 13.9. The van der Waals surface area contributed by atoms with Crippen molar-refractivity contribution >= 4 is 17.5 Å². The molecule has 3 fully saturated rings. The lowest BCUT2D eigenvalue weighted by Crippen LogP contribution is -2.57. The fourth-order valence-electron chi connectivity index (χ4n) is 5.39. The second kappa shape index (κ2) is 8.88. The summed E-state index contributed by atoms with van der Waals surface area (Å²) in [5.41, 5.74) is 0.728. The van der Waals surface area contributed by atoms with E-state index in [0.717, 1.165) is 5.56 Å². The number of likely N-dealkylation sites (tertiary alicyclic amines) is 1. The molecule has 0 radical (unpaired) electrons. The molecule has 0 bridgehead atoms. The SMILES string of the molecule is O=C1CO[C@]2(CCN(C(=O)C3(Cc4ccccc4)CCOCC3)C2)CN1c1ccc(F)cc1. The third kappa shape index (κ3) is 4.39. The van der Waals surface area contributed by atoms with Crippen LogP contribution in [0.1, 0.15) is 24.8 Å². The molecule has 6 nitrogen and oxygen atoms in total. The zero-order chi connectivity index (χ0) is 22.9. The Kier molecular flexibility index (Phi) is 5.93. The van der Waals surface area contributed by atoms with Gasteiger partial charge in [-0.2, -0.15) is 0 Å². The summed E-state index contributed by atoms with van der Waals surface area (Å²) in [6.45, 7) is 2.54. The van der Waals surface area contributed by atoms with E-state index in [1.54, 1.807) is 17.0 Å². The molecular formula is C26H29FN2O4. The first-order valence-electron chi connectivity index (χ1n) is 11.6. The highest BCUT2D eigenvalue weighted by Gasteiger charge is 2.50. The lowest BCUT2D eigenvalue weighted by molar-refractivity contribution is -0.149. The Hall–Kier alpha value is -2.77. The van der Waals surface area contributed by atoms with Gasteiger partial charge in [0.15, 0.2) is 0 Å². The van der Waals surface area contributed by atoms with Crippen molar-refractivity contribution in [2.75, 3.05) is 44.4 Å². The Morgan fingerprint density at radius 1 is 0.970 bits per heavy atom. The highest BCUT2D eigenvalue weighted by molar-refractivity contribution is 5.95. The molecule has 0 aliphatic carbocycles. The van der Waals surface area contributed by atoms with E-state index in [1.165, 1.54) is 12.1 Å². The van der Waals surface area contributed by atoms with Crippen LogP contribution in [0.2, 0.25) is 0 Å². The number of ether oxygens (including phenoxy) is 2. The van der Waals surface area contributed by atoms with E-state index in [1.807, 2.05) is 23.1 Å². The van der Waals surface area contributed by atoms with Gasteiger partial charge in [-0.1, -0.05) is 30.3 Å². The van der Waals surface area contributed by atoms with Crippen molar-refractivity contribution < 1.29 is 23.5 Å². The van der Waals surface area contributed by atoms with E-state index >= 15 is 0 Å². The Morgan fingerprint density at radius 2 is 1.70 bits per heavy atom. The smallest absolute Gasteiger partial charge is 0.253 e. The van der Waals surface area contributed by atoms with Gasteiger partial charge in [0, 0.05) is 25.4 Å². The van der Waals surface area contributed by atoms with Gasteiger partial charge in [-0.15, -0.1) is 0 Å². The van der Waals surface area contributed by atoms with Crippen LogP contribution in [0.25, 0.3) is 0 Å². The van der Waals surface area contributed by atoms with E-state index in [-0.39, 0.29) is 24.2 Å². The molecule has 3 aliphatic heterocycles. The van der Waals surface area contributed by atoms with Gasteiger partial charge in [0.05, 0.1) is 18.5 Å². The summed E-state index contributed by atoms with van der Waals surface area (Å²) in [6, 6.07) is 16.1. The first-order chi connectivity index (χ1) is 16.0. The number of halogens is 1. The van der Waals surface area contributed by atoms with E-state index in [2.05, 4.69) is 12.1 Å². The minimum Gasteiger partial charge on any atom is -0.381 e. The molecule has 0 saturated carbocycles. The second-order valence-corrected chi connectivity index (χ2v) is 9.46. The molecule has 174 valence electrons. The van der Waals surface area contributed by atoms with Crippen LogP contribution in [0.3, 0.4) is 0 Å². The van der Waals surface area contributed by atoms with Crippen LogP contribution >= 0.6 is 0 Å². The van der Waals surface area contributed by atoms with Crippen LogP contribution < -0.4 is 4.90 Å². The first kappa shape index (κ1) is 22.0. The van der Waals surface area contributed by atoms with Gasteiger partial charge < -0.3 is 19.3 Å². The summed E-state index contributed by atoms with van der Waals surface area (Å²) >= 11 is 0. The van der Waals surface area contributed by atoms with E-state index < -0.39 is 11.0 Å². The standard InChI is InChI=1S/C26H29FN2O4/c27-21-6-8-22(9-7-21)29-19-26(33-17-23(29)30)10-13-28(18-26)24(31)25(11-14-32-15-12-25)16-20-4-2-1-3-5-20/h1-9H,10-19H2/t26-/m0/s1. The lowest BCUT2D eigenvalue weighted by atomic mass is 9.74. The Morgan fingerprint density at radius 3 is 2.42 bits per heavy atom. The summed E-state index contributed by atoms with van der Waals surface area (Å²) in [4.78, 5) is 30.0. The highest BCUT2D eigenvalue weighted by atomic mass is 19.1. The zero-order valence-corrected chi connectivity index (χ0v) is 18.7. The summed E-state index contributed by atoms with van der Waals surface area (Å²) in [7, 11) is 0. The minimum absolute atomic E-state index is 0.0393. The van der Waals surface area contributed by atoms with Crippen molar-refractivity contribution in [3.8, 4) is 0 Å². The number of nitrogens with zero attached hydrogens (tertiary/aromatic N) is 2. The molecule has 1 atom stereocenters. The molecule has 3 saturated heterocycles. The minimum atomic E-state index is -0.600. The molecule has 7 heteroatoms. The fourth-order valence-corrected chi connectivity index (χ4v) is 5.39. The molecule has 33 heavy (non-hydrogen) atoms. The van der Waals surface area contributed by atoms with Crippen molar-refractivity contribution in [1.82, 2.24) is 4.90 Å². The van der Waals surface area contributed by atoms with Gasteiger partial charge in [0.25, 0.3) is 5.91 Å². The van der Waals surface area contributed by atoms with Crippen LogP contribution in [0.5, 0.6) is 0 Å². The number of carbonyl (C=O) groups is 2. The Labute approximate surface area is 193 Å². The first-order valence-corrected chi connectivity index (χ1v) is 11.6. The number of anilines is 1. The van der Waals surface area contributed by atoms with Crippen LogP contribution in [0, 0.1) is 11.2 Å². The average molecular weight is 453 g/mol. The maximum Gasteiger partial charge on any atom is 0.253 e. The Balaban J connectivity index is 1.34. The quantitative estimate of drug-likeness (QED) is 0.715. The predicted molar refractivity (Wildman–Crippen MR) is 121 cm³/mol. The number of morpholine rings is 1. The van der Waals surface area contributed by atoms with Crippen molar-refractivity contribution in [3.63, 3.8) is 0 Å². The van der Waals surface area contributed by atoms with Gasteiger partial charge >= 0.3 is 0 Å². The molecule has 0 aromatic heterocycles. The normalized spacial score (nSPS) is 24.9. The molecule has 3 aliphatic rings. The number of carbonyl (C=O) groups excluding carboxylic acids is 2. The summed E-state index contributed by atoms with van der Waals surface area (Å²) in [5.74, 6) is -0.339. The molecular weight excluding hydrogens is 423 g/mol. The zero-order valence-electron chi connectivity index (χ0n) is 18.7. The number of hydrogen-bond acceptors (Lipinski definition) is 4. The monoisotopic (exact) mass is 452 g/mol. The van der Waals surface area contributed by atoms with Crippen molar-refractivity contribution in [2.45, 2.75) is 31.3 Å². The number of hydrogen-bond donors (Lipinski definition) is 0. The van der Waals surface area contributed by atoms with Gasteiger partial charge in [0.1, 0.15) is 18.0 Å². The molecule has 1 spiro atoms. The van der Waals surface area contributed by atoms with Crippen molar-refractivity contribution in [2.24, 2.45) is 5.41 Å². The number of rotatable bonds is 4. The average Bonchev–Trinajstić information content (AvgIpc) is 3.25. The summed E-state index contributed by atoms with van der Waals surface area (Å²) in [5, 5.41) is 0. The number of amides is 2. The van der Waals surface area contributed by atoms with Crippen molar-refractivity contribution in [1.29, 1.82) is 0 Å². The third-order valence-electron chi connectivity index (χ3n) is 7.28. The van der Waals surface area contributed by atoms with E-state index in [4.69, 9.17) is 9.47 Å². The Bertz CT molecular complexity index is 1010. The molecule has 2 amide bonds. The molecule has 0 N–H and O–H groups in total. The maximum absolute atomic E-state index is 13.9. The molecule has 2 aromatic rings. The fraction of sp³-hybridized carbons (Fsp3) is 0.462. The highest BCUT2D eigenvalue weighted by Crippen LogP contribution is 2.40. The third-order valence-corrected chi connectivity index (χ3v) is 7.28. The van der Waals surface area contributed by atoms with Crippen LogP contribution in [0.15, 0.2) is 54.6 Å². The second-order valence-electron chi connectivity index (χ2n) is 9.46. The predicted octanol–water partition coefficient (Wildman–Crippen LogP) is 3.20. The van der Waals surface area contributed by atoms with E-state index in [9.17, 15) is 14.0 Å². The van der Waals surface area contributed by atoms with Gasteiger partial charge in [-0.3, -0.25) is 9.59 Å². The van der Waals surface area contributed by atoms with Gasteiger partial charge in [0.2, 0.25) is 5.91 Å². The number of benzene rings is 2. The summed E-state index contributed by atoms with van der Waals surface area (Å²) < 4.78 is 25.0. The van der Waals surface area contributed by atoms with Gasteiger partial charge in [-0.05, 0) is 55.5 Å². The molecule has 2 aromatic carbocycles. The molecule has 5 rings (SSSR count).